The van der Waals surface area contributed by atoms with E-state index in [9.17, 15) is 0 Å². The molecule has 0 unspecified atom stereocenters. The second-order valence-electron chi connectivity index (χ2n) is 4.21. The molecule has 3 heteroatoms. The highest BCUT2D eigenvalue weighted by molar-refractivity contribution is 5.62. The van der Waals surface area contributed by atoms with Crippen LogP contribution in [0.2, 0.25) is 0 Å². The SMILES string of the molecule is COc1ccc(C#N)c(NC2(C)CC2)c1. The highest BCUT2D eigenvalue weighted by Gasteiger charge is 2.37. The zero-order chi connectivity index (χ0) is 10.9. The van der Waals surface area contributed by atoms with Crippen molar-refractivity contribution in [2.24, 2.45) is 0 Å². The van der Waals surface area contributed by atoms with Gasteiger partial charge < -0.3 is 10.1 Å². The Morgan fingerprint density at radius 3 is 2.73 bits per heavy atom. The Labute approximate surface area is 89.7 Å². The van der Waals surface area contributed by atoms with Crippen LogP contribution in [0.25, 0.3) is 0 Å². The number of nitrogens with one attached hydrogen (secondary N) is 1. The van der Waals surface area contributed by atoms with Crippen molar-refractivity contribution in [2.75, 3.05) is 12.4 Å². The Hall–Kier alpha value is -1.69. The van der Waals surface area contributed by atoms with Crippen molar-refractivity contribution < 1.29 is 4.74 Å². The molecule has 15 heavy (non-hydrogen) atoms. The van der Waals surface area contributed by atoms with Crippen molar-refractivity contribution in [3.05, 3.63) is 23.8 Å². The molecule has 2 rings (SSSR count). The number of benzene rings is 1. The molecule has 0 aromatic heterocycles. The Kier molecular flexibility index (Phi) is 2.28. The van der Waals surface area contributed by atoms with Crippen LogP contribution in [0.5, 0.6) is 5.75 Å². The summed E-state index contributed by atoms with van der Waals surface area (Å²) >= 11 is 0. The van der Waals surface area contributed by atoms with E-state index in [4.69, 9.17) is 10.00 Å². The van der Waals surface area contributed by atoms with Crippen LogP contribution in [0.1, 0.15) is 25.3 Å². The van der Waals surface area contributed by atoms with Crippen LogP contribution < -0.4 is 10.1 Å². The van der Waals surface area contributed by atoms with Crippen LogP contribution >= 0.6 is 0 Å². The van der Waals surface area contributed by atoms with Crippen LogP contribution in [0.3, 0.4) is 0 Å². The van der Waals surface area contributed by atoms with Gasteiger partial charge in [0.05, 0.1) is 18.4 Å². The van der Waals surface area contributed by atoms with Crippen LogP contribution in [0, 0.1) is 11.3 Å². The first kappa shape index (κ1) is 9.85. The van der Waals surface area contributed by atoms with Gasteiger partial charge in [-0.2, -0.15) is 5.26 Å². The molecular formula is C12H14N2O. The summed E-state index contributed by atoms with van der Waals surface area (Å²) in [6.07, 6.45) is 2.32. The fraction of sp³-hybridized carbons (Fsp3) is 0.417. The minimum Gasteiger partial charge on any atom is -0.497 e. The van der Waals surface area contributed by atoms with E-state index in [1.165, 1.54) is 0 Å². The Morgan fingerprint density at radius 2 is 2.20 bits per heavy atom. The minimum absolute atomic E-state index is 0.179. The zero-order valence-corrected chi connectivity index (χ0v) is 9.00. The molecule has 1 fully saturated rings. The summed E-state index contributed by atoms with van der Waals surface area (Å²) in [7, 11) is 1.63. The van der Waals surface area contributed by atoms with Crippen molar-refractivity contribution in [2.45, 2.75) is 25.3 Å². The molecule has 1 aliphatic carbocycles. The summed E-state index contributed by atoms with van der Waals surface area (Å²) in [5, 5.41) is 12.4. The van der Waals surface area contributed by atoms with Crippen LogP contribution in [-0.2, 0) is 0 Å². The molecule has 3 nitrogen and oxygen atoms in total. The fourth-order valence-corrected chi connectivity index (χ4v) is 1.49. The zero-order valence-electron chi connectivity index (χ0n) is 9.00. The highest BCUT2D eigenvalue weighted by Crippen LogP contribution is 2.39. The molecule has 1 N–H and O–H groups in total. The number of nitrogens with zero attached hydrogens (tertiary/aromatic N) is 1. The van der Waals surface area contributed by atoms with Crippen molar-refractivity contribution in [1.29, 1.82) is 5.26 Å². The first-order valence-corrected chi connectivity index (χ1v) is 5.03. The van der Waals surface area contributed by atoms with E-state index < -0.39 is 0 Å². The molecule has 0 radical (unpaired) electrons. The minimum atomic E-state index is 0.179. The standard InChI is InChI=1S/C12H14N2O/c1-12(5-6-12)14-11-7-10(15-2)4-3-9(11)8-13/h3-4,7,14H,5-6H2,1-2H3. The maximum Gasteiger partial charge on any atom is 0.121 e. The molecule has 0 heterocycles. The predicted molar refractivity (Wildman–Crippen MR) is 59.0 cm³/mol. The summed E-state index contributed by atoms with van der Waals surface area (Å²) in [6.45, 7) is 2.16. The van der Waals surface area contributed by atoms with Crippen molar-refractivity contribution in [3.8, 4) is 11.8 Å². The molecule has 1 saturated carbocycles. The number of hydrogen-bond acceptors (Lipinski definition) is 3. The van der Waals surface area contributed by atoms with Crippen molar-refractivity contribution in [1.82, 2.24) is 0 Å². The van der Waals surface area contributed by atoms with E-state index in [0.717, 1.165) is 24.3 Å². The van der Waals surface area contributed by atoms with E-state index in [-0.39, 0.29) is 5.54 Å². The molecule has 1 aromatic carbocycles. The highest BCUT2D eigenvalue weighted by atomic mass is 16.5. The van der Waals surface area contributed by atoms with Gasteiger partial charge in [-0.3, -0.25) is 0 Å². The van der Waals surface area contributed by atoms with Gasteiger partial charge in [0.2, 0.25) is 0 Å². The van der Waals surface area contributed by atoms with E-state index in [2.05, 4.69) is 18.3 Å². The lowest BCUT2D eigenvalue weighted by atomic mass is 10.1. The predicted octanol–water partition coefficient (Wildman–Crippen LogP) is 2.53. The maximum absolute atomic E-state index is 8.97. The average molecular weight is 202 g/mol. The number of rotatable bonds is 3. The molecule has 0 amide bonds. The van der Waals surface area contributed by atoms with Gasteiger partial charge in [-0.25, -0.2) is 0 Å². The van der Waals surface area contributed by atoms with Crippen molar-refractivity contribution >= 4 is 5.69 Å². The molecule has 0 aliphatic heterocycles. The van der Waals surface area contributed by atoms with Gasteiger partial charge >= 0.3 is 0 Å². The normalized spacial score (nSPS) is 16.6. The van der Waals surface area contributed by atoms with Gasteiger partial charge in [0, 0.05) is 11.6 Å². The molecule has 0 atom stereocenters. The molecule has 78 valence electrons. The van der Waals surface area contributed by atoms with Crippen LogP contribution in [0.15, 0.2) is 18.2 Å². The van der Waals surface area contributed by atoms with Crippen LogP contribution in [0.4, 0.5) is 5.69 Å². The number of nitriles is 1. The van der Waals surface area contributed by atoms with Gasteiger partial charge in [0.1, 0.15) is 11.8 Å². The van der Waals surface area contributed by atoms with E-state index in [1.807, 2.05) is 6.07 Å². The molecular weight excluding hydrogens is 188 g/mol. The Balaban J connectivity index is 2.30. The number of ether oxygens (including phenoxy) is 1. The lowest BCUT2D eigenvalue weighted by molar-refractivity contribution is 0.415. The monoisotopic (exact) mass is 202 g/mol. The third-order valence-electron chi connectivity index (χ3n) is 2.78. The second-order valence-corrected chi connectivity index (χ2v) is 4.21. The first-order valence-electron chi connectivity index (χ1n) is 5.03. The number of hydrogen-bond donors (Lipinski definition) is 1. The lowest BCUT2D eigenvalue weighted by Crippen LogP contribution is -2.16. The molecule has 1 aromatic rings. The summed E-state index contributed by atoms with van der Waals surface area (Å²) in [6, 6.07) is 7.65. The topological polar surface area (TPSA) is 45.0 Å². The van der Waals surface area contributed by atoms with Gasteiger partial charge in [0.15, 0.2) is 0 Å². The average Bonchev–Trinajstić information content (AvgIpc) is 2.96. The third-order valence-corrected chi connectivity index (χ3v) is 2.78. The fourth-order valence-electron chi connectivity index (χ4n) is 1.49. The summed E-state index contributed by atoms with van der Waals surface area (Å²) in [5.74, 6) is 0.778. The summed E-state index contributed by atoms with van der Waals surface area (Å²) in [4.78, 5) is 0. The van der Waals surface area contributed by atoms with Crippen LogP contribution in [-0.4, -0.2) is 12.6 Å². The maximum atomic E-state index is 8.97. The van der Waals surface area contributed by atoms with E-state index in [0.29, 0.717) is 5.56 Å². The smallest absolute Gasteiger partial charge is 0.121 e. The Morgan fingerprint density at radius 1 is 1.47 bits per heavy atom. The molecule has 0 spiro atoms. The quantitative estimate of drug-likeness (QED) is 0.819. The largest absolute Gasteiger partial charge is 0.497 e. The van der Waals surface area contributed by atoms with Gasteiger partial charge in [0.25, 0.3) is 0 Å². The Bertz CT molecular complexity index is 416. The molecule has 0 saturated heterocycles. The number of anilines is 1. The van der Waals surface area contributed by atoms with E-state index >= 15 is 0 Å². The first-order chi connectivity index (χ1) is 7.17. The summed E-state index contributed by atoms with van der Waals surface area (Å²) < 4.78 is 5.14. The lowest BCUT2D eigenvalue weighted by Gasteiger charge is -2.15. The summed E-state index contributed by atoms with van der Waals surface area (Å²) in [5.41, 5.74) is 1.72. The van der Waals surface area contributed by atoms with Gasteiger partial charge in [-0.15, -0.1) is 0 Å². The molecule has 0 bridgehead atoms. The second kappa shape index (κ2) is 3.47. The number of methoxy groups -OCH3 is 1. The van der Waals surface area contributed by atoms with Gasteiger partial charge in [-0.05, 0) is 31.9 Å². The van der Waals surface area contributed by atoms with Crippen molar-refractivity contribution in [3.63, 3.8) is 0 Å². The van der Waals surface area contributed by atoms with E-state index in [1.54, 1.807) is 19.2 Å². The third kappa shape index (κ3) is 2.04. The van der Waals surface area contributed by atoms with Gasteiger partial charge in [-0.1, -0.05) is 0 Å². The molecule has 1 aliphatic rings.